The molecule has 0 unspecified atom stereocenters. The fraction of sp³-hybridized carbons (Fsp3) is 0.111. The first-order valence-corrected chi connectivity index (χ1v) is 9.85. The number of aromatic nitrogens is 1. The van der Waals surface area contributed by atoms with Gasteiger partial charge in [-0.15, -0.1) is 23.1 Å². The average molecular weight is 411 g/mol. The molecular formula is C18H13ClF2N2OS2. The number of rotatable bonds is 6. The summed E-state index contributed by atoms with van der Waals surface area (Å²) in [5, 5.41) is 5.50. The molecule has 0 radical (unpaired) electrons. The molecule has 0 aliphatic carbocycles. The molecular weight excluding hydrogens is 398 g/mol. The average Bonchev–Trinajstić information content (AvgIpc) is 3.07. The molecule has 8 heteroatoms. The van der Waals surface area contributed by atoms with Crippen LogP contribution in [0.4, 0.5) is 13.9 Å². The number of hydrogen-bond acceptors (Lipinski definition) is 4. The van der Waals surface area contributed by atoms with E-state index >= 15 is 0 Å². The van der Waals surface area contributed by atoms with Crippen molar-refractivity contribution in [2.75, 3.05) is 11.1 Å². The number of carbonyl (C=O) groups excluding carboxylic acids is 1. The van der Waals surface area contributed by atoms with Gasteiger partial charge in [0.15, 0.2) is 16.8 Å². The summed E-state index contributed by atoms with van der Waals surface area (Å²) in [5.74, 6) is -1.37. The SMILES string of the molecule is O=C(CCSc1ccc(Cl)cc1)Nc1nc(-c2ccc(F)c(F)c2)cs1. The maximum atomic E-state index is 13.3. The molecule has 0 bridgehead atoms. The first-order chi connectivity index (χ1) is 12.5. The lowest BCUT2D eigenvalue weighted by molar-refractivity contribution is -0.115. The van der Waals surface area contributed by atoms with Crippen molar-refractivity contribution < 1.29 is 13.6 Å². The van der Waals surface area contributed by atoms with Gasteiger partial charge in [-0.25, -0.2) is 13.8 Å². The summed E-state index contributed by atoms with van der Waals surface area (Å²) in [7, 11) is 0. The lowest BCUT2D eigenvalue weighted by atomic mass is 10.2. The Balaban J connectivity index is 1.52. The number of nitrogens with zero attached hydrogens (tertiary/aromatic N) is 1. The molecule has 0 spiro atoms. The normalized spacial score (nSPS) is 10.7. The van der Waals surface area contributed by atoms with Crippen LogP contribution in [0.5, 0.6) is 0 Å². The largest absolute Gasteiger partial charge is 0.302 e. The van der Waals surface area contributed by atoms with Gasteiger partial charge in [0.25, 0.3) is 0 Å². The molecule has 0 atom stereocenters. The third-order valence-electron chi connectivity index (χ3n) is 3.38. The molecule has 0 saturated carbocycles. The Morgan fingerprint density at radius 2 is 1.92 bits per heavy atom. The van der Waals surface area contributed by atoms with E-state index in [1.54, 1.807) is 29.3 Å². The second-order valence-corrected chi connectivity index (χ2v) is 7.73. The molecule has 1 aromatic heterocycles. The molecule has 134 valence electrons. The Morgan fingerprint density at radius 3 is 2.65 bits per heavy atom. The van der Waals surface area contributed by atoms with Gasteiger partial charge in [0, 0.05) is 33.0 Å². The zero-order valence-corrected chi connectivity index (χ0v) is 15.7. The highest BCUT2D eigenvalue weighted by atomic mass is 35.5. The Hall–Kier alpha value is -1.96. The van der Waals surface area contributed by atoms with Crippen molar-refractivity contribution in [3.8, 4) is 11.3 Å². The van der Waals surface area contributed by atoms with E-state index in [2.05, 4.69) is 10.3 Å². The number of thiazole rings is 1. The first kappa shape index (κ1) is 18.8. The minimum atomic E-state index is -0.930. The minimum Gasteiger partial charge on any atom is -0.302 e. The van der Waals surface area contributed by atoms with Crippen LogP contribution in [-0.4, -0.2) is 16.6 Å². The lowest BCUT2D eigenvalue weighted by Crippen LogP contribution is -2.11. The quantitative estimate of drug-likeness (QED) is 0.517. The predicted molar refractivity (Wildman–Crippen MR) is 103 cm³/mol. The van der Waals surface area contributed by atoms with E-state index in [1.807, 2.05) is 12.1 Å². The molecule has 1 amide bonds. The molecule has 0 aliphatic heterocycles. The fourth-order valence-electron chi connectivity index (χ4n) is 2.09. The van der Waals surface area contributed by atoms with Crippen LogP contribution >= 0.6 is 34.7 Å². The van der Waals surface area contributed by atoms with E-state index in [1.165, 1.54) is 17.4 Å². The summed E-state index contributed by atoms with van der Waals surface area (Å²) in [6.07, 6.45) is 0.327. The zero-order valence-electron chi connectivity index (χ0n) is 13.3. The number of benzene rings is 2. The molecule has 0 fully saturated rings. The third kappa shape index (κ3) is 5.03. The lowest BCUT2D eigenvalue weighted by Gasteiger charge is -2.03. The number of nitrogens with one attached hydrogen (secondary N) is 1. The molecule has 26 heavy (non-hydrogen) atoms. The van der Waals surface area contributed by atoms with E-state index in [4.69, 9.17) is 11.6 Å². The number of anilines is 1. The second kappa shape index (κ2) is 8.62. The Kier molecular flexibility index (Phi) is 6.24. The smallest absolute Gasteiger partial charge is 0.226 e. The van der Waals surface area contributed by atoms with E-state index in [0.717, 1.165) is 17.0 Å². The van der Waals surface area contributed by atoms with Gasteiger partial charge in [-0.05, 0) is 42.5 Å². The standard InChI is InChI=1S/C18H13ClF2N2OS2/c19-12-2-4-13(5-3-12)25-8-7-17(24)23-18-22-16(10-26-18)11-1-6-14(20)15(21)9-11/h1-6,9-10H,7-8H2,(H,22,23,24). The van der Waals surface area contributed by atoms with E-state index in [9.17, 15) is 13.6 Å². The highest BCUT2D eigenvalue weighted by Gasteiger charge is 2.10. The molecule has 1 heterocycles. The Bertz CT molecular complexity index is 916. The topological polar surface area (TPSA) is 42.0 Å². The molecule has 3 aromatic rings. The molecule has 2 aromatic carbocycles. The van der Waals surface area contributed by atoms with E-state index in [-0.39, 0.29) is 5.91 Å². The number of hydrogen-bond donors (Lipinski definition) is 1. The Labute approximate surface area is 162 Å². The van der Waals surface area contributed by atoms with Crippen molar-refractivity contribution in [3.05, 3.63) is 64.5 Å². The number of halogens is 3. The van der Waals surface area contributed by atoms with Crippen LogP contribution in [-0.2, 0) is 4.79 Å². The maximum absolute atomic E-state index is 13.3. The maximum Gasteiger partial charge on any atom is 0.226 e. The summed E-state index contributed by atoms with van der Waals surface area (Å²) in [4.78, 5) is 17.3. The van der Waals surface area contributed by atoms with Gasteiger partial charge in [-0.3, -0.25) is 4.79 Å². The van der Waals surface area contributed by atoms with Gasteiger partial charge < -0.3 is 5.32 Å². The summed E-state index contributed by atoms with van der Waals surface area (Å²) < 4.78 is 26.3. The summed E-state index contributed by atoms with van der Waals surface area (Å²) in [6.45, 7) is 0. The van der Waals surface area contributed by atoms with Crippen molar-refractivity contribution in [3.63, 3.8) is 0 Å². The molecule has 3 nitrogen and oxygen atoms in total. The van der Waals surface area contributed by atoms with Crippen LogP contribution in [0.1, 0.15) is 6.42 Å². The van der Waals surface area contributed by atoms with Crippen LogP contribution < -0.4 is 5.32 Å². The second-order valence-electron chi connectivity index (χ2n) is 5.27. The summed E-state index contributed by atoms with van der Waals surface area (Å²) >= 11 is 8.62. The van der Waals surface area contributed by atoms with Gasteiger partial charge in [-0.2, -0.15) is 0 Å². The van der Waals surface area contributed by atoms with Crippen molar-refractivity contribution in [1.82, 2.24) is 4.98 Å². The van der Waals surface area contributed by atoms with E-state index in [0.29, 0.717) is 33.6 Å². The summed E-state index contributed by atoms with van der Waals surface area (Å²) in [6, 6.07) is 11.0. The van der Waals surface area contributed by atoms with Gasteiger partial charge in [0.2, 0.25) is 5.91 Å². The fourth-order valence-corrected chi connectivity index (χ4v) is 3.81. The highest BCUT2D eigenvalue weighted by Crippen LogP contribution is 2.26. The highest BCUT2D eigenvalue weighted by molar-refractivity contribution is 7.99. The first-order valence-electron chi connectivity index (χ1n) is 7.60. The monoisotopic (exact) mass is 410 g/mol. The van der Waals surface area contributed by atoms with Crippen LogP contribution in [0, 0.1) is 11.6 Å². The van der Waals surface area contributed by atoms with Gasteiger partial charge in [0.05, 0.1) is 5.69 Å². The summed E-state index contributed by atoms with van der Waals surface area (Å²) in [5.41, 5.74) is 0.943. The van der Waals surface area contributed by atoms with Crippen molar-refractivity contribution in [2.24, 2.45) is 0 Å². The van der Waals surface area contributed by atoms with Gasteiger partial charge >= 0.3 is 0 Å². The van der Waals surface area contributed by atoms with Crippen molar-refractivity contribution >= 4 is 45.7 Å². The zero-order chi connectivity index (χ0) is 18.5. The predicted octanol–water partition coefficient (Wildman–Crippen LogP) is 5.86. The van der Waals surface area contributed by atoms with Crippen LogP contribution in [0.15, 0.2) is 52.7 Å². The van der Waals surface area contributed by atoms with Crippen LogP contribution in [0.3, 0.4) is 0 Å². The minimum absolute atomic E-state index is 0.155. The van der Waals surface area contributed by atoms with E-state index < -0.39 is 11.6 Å². The van der Waals surface area contributed by atoms with Crippen molar-refractivity contribution in [2.45, 2.75) is 11.3 Å². The third-order valence-corrected chi connectivity index (χ3v) is 5.40. The number of amides is 1. The molecule has 0 aliphatic rings. The van der Waals surface area contributed by atoms with Gasteiger partial charge in [-0.1, -0.05) is 11.6 Å². The Morgan fingerprint density at radius 1 is 1.15 bits per heavy atom. The van der Waals surface area contributed by atoms with Crippen LogP contribution in [0.25, 0.3) is 11.3 Å². The molecule has 1 N–H and O–H groups in total. The van der Waals surface area contributed by atoms with Gasteiger partial charge in [0.1, 0.15) is 0 Å². The number of carbonyl (C=O) groups is 1. The van der Waals surface area contributed by atoms with Crippen LogP contribution in [0.2, 0.25) is 5.02 Å². The molecule has 3 rings (SSSR count). The number of thioether (sulfide) groups is 1. The molecule has 0 saturated heterocycles. The van der Waals surface area contributed by atoms with Crippen molar-refractivity contribution in [1.29, 1.82) is 0 Å².